The predicted molar refractivity (Wildman–Crippen MR) is 57.9 cm³/mol. The number of carbonyl (C=O) groups excluding carboxylic acids is 1. The van der Waals surface area contributed by atoms with E-state index in [1.807, 2.05) is 12.1 Å². The van der Waals surface area contributed by atoms with Gasteiger partial charge in [0.2, 0.25) is 5.91 Å². The van der Waals surface area contributed by atoms with Crippen LogP contribution in [0, 0.1) is 13.8 Å². The molecule has 0 aliphatic carbocycles. The van der Waals surface area contributed by atoms with E-state index < -0.39 is 5.91 Å². The first-order valence-corrected chi connectivity index (χ1v) is 4.79. The van der Waals surface area contributed by atoms with Gasteiger partial charge in [0, 0.05) is 6.54 Å². The standard InChI is InChI=1S/C11H16N2O2/c1-8-4-3-5-10(9(8)2)6-13-15-7-11(12)14/h3-5,13H,6-7H2,1-2H3,(H2,12,14). The van der Waals surface area contributed by atoms with Crippen molar-refractivity contribution in [2.45, 2.75) is 20.4 Å². The molecule has 0 aromatic heterocycles. The number of carbonyl (C=O) groups is 1. The molecule has 0 unspecified atom stereocenters. The Morgan fingerprint density at radius 2 is 2.20 bits per heavy atom. The Balaban J connectivity index is 2.44. The summed E-state index contributed by atoms with van der Waals surface area (Å²) in [6.45, 7) is 4.58. The van der Waals surface area contributed by atoms with E-state index in [1.54, 1.807) is 0 Å². The van der Waals surface area contributed by atoms with E-state index in [-0.39, 0.29) is 6.61 Å². The lowest BCUT2D eigenvalue weighted by Crippen LogP contribution is -2.24. The second-order valence-electron chi connectivity index (χ2n) is 3.44. The summed E-state index contributed by atoms with van der Waals surface area (Å²) in [5.74, 6) is -0.483. The van der Waals surface area contributed by atoms with Crippen molar-refractivity contribution < 1.29 is 9.63 Å². The van der Waals surface area contributed by atoms with E-state index >= 15 is 0 Å². The molecule has 0 saturated carbocycles. The van der Waals surface area contributed by atoms with Crippen molar-refractivity contribution in [2.24, 2.45) is 5.73 Å². The topological polar surface area (TPSA) is 64.3 Å². The number of nitrogens with two attached hydrogens (primary N) is 1. The molecule has 4 nitrogen and oxygen atoms in total. The molecule has 0 aliphatic heterocycles. The van der Waals surface area contributed by atoms with E-state index in [0.717, 1.165) is 5.56 Å². The van der Waals surface area contributed by atoms with Crippen LogP contribution in [0.15, 0.2) is 18.2 Å². The van der Waals surface area contributed by atoms with E-state index in [0.29, 0.717) is 6.54 Å². The van der Waals surface area contributed by atoms with Gasteiger partial charge in [-0.05, 0) is 30.5 Å². The number of hydrogen-bond acceptors (Lipinski definition) is 3. The van der Waals surface area contributed by atoms with Crippen LogP contribution in [0.2, 0.25) is 0 Å². The maximum absolute atomic E-state index is 10.4. The zero-order valence-corrected chi connectivity index (χ0v) is 9.04. The number of primary amides is 1. The smallest absolute Gasteiger partial charge is 0.245 e. The minimum Gasteiger partial charge on any atom is -0.368 e. The van der Waals surface area contributed by atoms with Gasteiger partial charge in [0.15, 0.2) is 0 Å². The summed E-state index contributed by atoms with van der Waals surface area (Å²) in [7, 11) is 0. The molecule has 0 bridgehead atoms. The molecule has 0 radical (unpaired) electrons. The van der Waals surface area contributed by atoms with Crippen LogP contribution in [0.5, 0.6) is 0 Å². The molecular formula is C11H16N2O2. The van der Waals surface area contributed by atoms with Crippen molar-refractivity contribution in [1.29, 1.82) is 0 Å². The lowest BCUT2D eigenvalue weighted by Gasteiger charge is -2.09. The number of benzene rings is 1. The summed E-state index contributed by atoms with van der Waals surface area (Å²) in [5.41, 5.74) is 11.2. The predicted octanol–water partition coefficient (Wildman–Crippen LogP) is 0.810. The fourth-order valence-corrected chi connectivity index (χ4v) is 1.25. The maximum Gasteiger partial charge on any atom is 0.245 e. The molecule has 1 rings (SSSR count). The second kappa shape index (κ2) is 5.48. The monoisotopic (exact) mass is 208 g/mol. The zero-order valence-electron chi connectivity index (χ0n) is 9.04. The third-order valence-corrected chi connectivity index (χ3v) is 2.30. The Morgan fingerprint density at radius 1 is 1.47 bits per heavy atom. The van der Waals surface area contributed by atoms with Gasteiger partial charge < -0.3 is 5.73 Å². The third kappa shape index (κ3) is 3.69. The summed E-state index contributed by atoms with van der Waals surface area (Å²) in [5, 5.41) is 0. The summed E-state index contributed by atoms with van der Waals surface area (Å²) in [6.07, 6.45) is 0. The van der Waals surface area contributed by atoms with Gasteiger partial charge in [0.05, 0.1) is 0 Å². The first-order valence-electron chi connectivity index (χ1n) is 4.79. The van der Waals surface area contributed by atoms with Crippen LogP contribution in [0.25, 0.3) is 0 Å². The molecule has 0 spiro atoms. The van der Waals surface area contributed by atoms with E-state index in [9.17, 15) is 4.79 Å². The lowest BCUT2D eigenvalue weighted by atomic mass is 10.0. The van der Waals surface area contributed by atoms with E-state index in [1.165, 1.54) is 11.1 Å². The van der Waals surface area contributed by atoms with Gasteiger partial charge in [0.25, 0.3) is 0 Å². The van der Waals surface area contributed by atoms with Crippen LogP contribution >= 0.6 is 0 Å². The van der Waals surface area contributed by atoms with Gasteiger partial charge in [-0.3, -0.25) is 9.63 Å². The van der Waals surface area contributed by atoms with Crippen LogP contribution < -0.4 is 11.2 Å². The van der Waals surface area contributed by atoms with Gasteiger partial charge in [0.1, 0.15) is 6.61 Å². The van der Waals surface area contributed by atoms with Crippen LogP contribution in [-0.2, 0) is 16.2 Å². The Kier molecular flexibility index (Phi) is 4.27. The van der Waals surface area contributed by atoms with Gasteiger partial charge >= 0.3 is 0 Å². The van der Waals surface area contributed by atoms with Crippen molar-refractivity contribution >= 4 is 5.91 Å². The maximum atomic E-state index is 10.4. The summed E-state index contributed by atoms with van der Waals surface area (Å²) >= 11 is 0. The number of amides is 1. The molecule has 82 valence electrons. The van der Waals surface area contributed by atoms with Crippen LogP contribution in [0.3, 0.4) is 0 Å². The molecule has 4 heteroatoms. The molecule has 1 aromatic rings. The molecule has 0 aliphatic rings. The molecule has 1 aromatic carbocycles. The highest BCUT2D eigenvalue weighted by Gasteiger charge is 2.00. The van der Waals surface area contributed by atoms with Crippen LogP contribution in [0.1, 0.15) is 16.7 Å². The van der Waals surface area contributed by atoms with Gasteiger partial charge in [-0.2, -0.15) is 5.48 Å². The fraction of sp³-hybridized carbons (Fsp3) is 0.364. The van der Waals surface area contributed by atoms with Crippen molar-refractivity contribution in [3.05, 3.63) is 34.9 Å². The van der Waals surface area contributed by atoms with Crippen molar-refractivity contribution in [3.8, 4) is 0 Å². The van der Waals surface area contributed by atoms with Crippen LogP contribution in [-0.4, -0.2) is 12.5 Å². The summed E-state index contributed by atoms with van der Waals surface area (Å²) < 4.78 is 0. The average Bonchev–Trinajstić information content (AvgIpc) is 2.18. The van der Waals surface area contributed by atoms with Gasteiger partial charge in [-0.25, -0.2) is 0 Å². The molecule has 0 heterocycles. The molecule has 0 saturated heterocycles. The number of aryl methyl sites for hydroxylation is 1. The SMILES string of the molecule is Cc1cccc(CNOCC(N)=O)c1C. The first kappa shape index (κ1) is 11.7. The Hall–Kier alpha value is -1.39. The molecule has 0 fully saturated rings. The minimum atomic E-state index is -0.483. The number of rotatable bonds is 5. The van der Waals surface area contributed by atoms with Crippen molar-refractivity contribution in [2.75, 3.05) is 6.61 Å². The van der Waals surface area contributed by atoms with Gasteiger partial charge in [-0.15, -0.1) is 0 Å². The summed E-state index contributed by atoms with van der Waals surface area (Å²) in [6, 6.07) is 6.07. The highest BCUT2D eigenvalue weighted by atomic mass is 16.6. The molecule has 0 atom stereocenters. The molecular weight excluding hydrogens is 192 g/mol. The third-order valence-electron chi connectivity index (χ3n) is 2.30. The Morgan fingerprint density at radius 3 is 2.87 bits per heavy atom. The van der Waals surface area contributed by atoms with Gasteiger partial charge in [-0.1, -0.05) is 18.2 Å². The first-order chi connectivity index (χ1) is 7.11. The van der Waals surface area contributed by atoms with E-state index in [2.05, 4.69) is 25.4 Å². The number of hydrogen-bond donors (Lipinski definition) is 2. The highest BCUT2D eigenvalue weighted by Crippen LogP contribution is 2.11. The van der Waals surface area contributed by atoms with E-state index in [4.69, 9.17) is 10.6 Å². The Labute approximate surface area is 89.4 Å². The fourth-order valence-electron chi connectivity index (χ4n) is 1.25. The number of hydroxylamine groups is 1. The minimum absolute atomic E-state index is 0.106. The molecule has 15 heavy (non-hydrogen) atoms. The molecule has 1 amide bonds. The number of nitrogens with one attached hydrogen (secondary N) is 1. The van der Waals surface area contributed by atoms with Crippen molar-refractivity contribution in [3.63, 3.8) is 0 Å². The zero-order chi connectivity index (χ0) is 11.3. The quantitative estimate of drug-likeness (QED) is 0.556. The highest BCUT2D eigenvalue weighted by molar-refractivity contribution is 5.74. The normalized spacial score (nSPS) is 10.3. The summed E-state index contributed by atoms with van der Waals surface area (Å²) in [4.78, 5) is 15.3. The molecule has 3 N–H and O–H groups in total. The van der Waals surface area contributed by atoms with Crippen molar-refractivity contribution in [1.82, 2.24) is 5.48 Å². The Bertz CT molecular complexity index is 350. The average molecular weight is 208 g/mol. The van der Waals surface area contributed by atoms with Crippen LogP contribution in [0.4, 0.5) is 0 Å². The second-order valence-corrected chi connectivity index (χ2v) is 3.44. The lowest BCUT2D eigenvalue weighted by molar-refractivity contribution is -0.125. The largest absolute Gasteiger partial charge is 0.368 e.